The summed E-state index contributed by atoms with van der Waals surface area (Å²) in [4.78, 5) is 4.56. The molecule has 1 aromatic carbocycles. The molecule has 0 aliphatic heterocycles. The van der Waals surface area contributed by atoms with Crippen molar-refractivity contribution in [2.75, 3.05) is 0 Å². The third-order valence-corrected chi connectivity index (χ3v) is 6.95. The first-order valence-corrected chi connectivity index (χ1v) is 13.0. The van der Waals surface area contributed by atoms with E-state index in [1.165, 1.54) is 34.4 Å². The summed E-state index contributed by atoms with van der Waals surface area (Å²) in [6.45, 7) is 23.4. The van der Waals surface area contributed by atoms with Gasteiger partial charge < -0.3 is 4.74 Å². The van der Waals surface area contributed by atoms with E-state index in [0.29, 0.717) is 5.76 Å². The number of allylic oxidation sites excluding steroid dienone is 10. The number of fused-ring (bicyclic) bond motifs is 1. The average Bonchev–Trinajstić information content (AvgIpc) is 2.90. The lowest BCUT2D eigenvalue weighted by molar-refractivity contribution is 0.209. The van der Waals surface area contributed by atoms with Crippen molar-refractivity contribution in [1.82, 2.24) is 4.98 Å². The lowest BCUT2D eigenvalue weighted by Crippen LogP contribution is -2.23. The van der Waals surface area contributed by atoms with Crippen molar-refractivity contribution in [3.8, 4) is 0 Å². The lowest BCUT2D eigenvalue weighted by Gasteiger charge is -2.35. The Labute approximate surface area is 223 Å². The molecule has 0 saturated carbocycles. The first-order valence-electron chi connectivity index (χ1n) is 13.0. The summed E-state index contributed by atoms with van der Waals surface area (Å²) < 4.78 is 19.3. The highest BCUT2D eigenvalue weighted by atomic mass is 19.1. The van der Waals surface area contributed by atoms with E-state index in [9.17, 15) is 4.39 Å². The van der Waals surface area contributed by atoms with Crippen LogP contribution in [0.2, 0.25) is 0 Å². The van der Waals surface area contributed by atoms with Gasteiger partial charge in [-0.05, 0) is 80.7 Å². The van der Waals surface area contributed by atoms with Crippen LogP contribution in [-0.2, 0) is 11.3 Å². The summed E-state index contributed by atoms with van der Waals surface area (Å²) in [5.41, 5.74) is 6.35. The van der Waals surface area contributed by atoms with Crippen LogP contribution in [0.1, 0.15) is 66.0 Å². The fraction of sp³-hybridized carbons (Fsp3) is 0.324. The van der Waals surface area contributed by atoms with E-state index in [1.54, 1.807) is 6.07 Å². The number of aromatic nitrogens is 1. The number of ether oxygens (including phenoxy) is 1. The van der Waals surface area contributed by atoms with Crippen molar-refractivity contribution >= 4 is 10.9 Å². The SMILES string of the molecule is C=CCC(/C=C\C(=C)OCc1ccc2cc(F)ccc2n1)=C(/C)C(C)(CCCC)C(/C=C\C)=C(\C)C=C. The molecule has 2 rings (SSSR count). The molecule has 1 heterocycles. The molecule has 37 heavy (non-hydrogen) atoms. The van der Waals surface area contributed by atoms with Crippen LogP contribution in [0.15, 0.2) is 115 Å². The third kappa shape index (κ3) is 8.01. The molecule has 0 fully saturated rings. The quantitative estimate of drug-likeness (QED) is 0.146. The Morgan fingerprint density at radius 2 is 1.86 bits per heavy atom. The van der Waals surface area contributed by atoms with E-state index >= 15 is 0 Å². The van der Waals surface area contributed by atoms with Crippen LogP contribution in [0, 0.1) is 11.2 Å². The van der Waals surface area contributed by atoms with Crippen molar-refractivity contribution in [3.05, 3.63) is 126 Å². The van der Waals surface area contributed by atoms with E-state index in [-0.39, 0.29) is 17.8 Å². The second-order valence-corrected chi connectivity index (χ2v) is 9.61. The highest BCUT2D eigenvalue weighted by molar-refractivity contribution is 5.78. The standard InChI is InChI=1S/C34H42FNO/c1-9-13-22-34(8,32(15-11-3)25(5)12-4)27(7)28(14-10-2)17-16-26(6)37-24-31-20-18-29-23-30(35)19-21-33(29)36-31/h10-12,15-21,23H,2,4,6,9,13-14,22,24H2,1,3,5,7-8H3/b15-11-,17-16-,28-27+,32-25+. The molecular weight excluding hydrogens is 457 g/mol. The molecule has 3 heteroatoms. The van der Waals surface area contributed by atoms with Gasteiger partial charge in [0.15, 0.2) is 0 Å². The maximum Gasteiger partial charge on any atom is 0.130 e. The molecule has 1 unspecified atom stereocenters. The maximum absolute atomic E-state index is 13.4. The number of nitrogens with zero attached hydrogens (tertiary/aromatic N) is 1. The van der Waals surface area contributed by atoms with Gasteiger partial charge in [0.25, 0.3) is 0 Å². The topological polar surface area (TPSA) is 22.1 Å². The molecule has 2 nitrogen and oxygen atoms in total. The summed E-state index contributed by atoms with van der Waals surface area (Å²) >= 11 is 0. The van der Waals surface area contributed by atoms with Gasteiger partial charge in [-0.15, -0.1) is 6.58 Å². The number of unbranched alkanes of at least 4 members (excludes halogenated alkanes) is 1. The fourth-order valence-electron chi connectivity index (χ4n) is 4.56. The van der Waals surface area contributed by atoms with Crippen LogP contribution in [0.5, 0.6) is 0 Å². The van der Waals surface area contributed by atoms with Gasteiger partial charge in [-0.25, -0.2) is 9.37 Å². The molecule has 0 amide bonds. The molecule has 0 spiro atoms. The van der Waals surface area contributed by atoms with Gasteiger partial charge in [-0.1, -0.05) is 81.9 Å². The molecule has 1 aromatic heterocycles. The Kier molecular flexibility index (Phi) is 11.5. The number of hydrogen-bond acceptors (Lipinski definition) is 2. The summed E-state index contributed by atoms with van der Waals surface area (Å²) in [6.07, 6.45) is 16.3. The average molecular weight is 500 g/mol. The minimum absolute atomic E-state index is 0.139. The number of rotatable bonds is 14. The predicted molar refractivity (Wildman–Crippen MR) is 158 cm³/mol. The fourth-order valence-corrected chi connectivity index (χ4v) is 4.56. The van der Waals surface area contributed by atoms with Gasteiger partial charge >= 0.3 is 0 Å². The van der Waals surface area contributed by atoms with Crippen molar-refractivity contribution in [2.24, 2.45) is 5.41 Å². The molecule has 0 aliphatic rings. The Morgan fingerprint density at radius 3 is 2.51 bits per heavy atom. The summed E-state index contributed by atoms with van der Waals surface area (Å²) in [6, 6.07) is 8.28. The smallest absolute Gasteiger partial charge is 0.130 e. The Bertz CT molecular complexity index is 1240. The van der Waals surface area contributed by atoms with E-state index in [4.69, 9.17) is 4.74 Å². The summed E-state index contributed by atoms with van der Waals surface area (Å²) in [5, 5.41) is 0.765. The van der Waals surface area contributed by atoms with Gasteiger partial charge in [0, 0.05) is 10.8 Å². The van der Waals surface area contributed by atoms with E-state index in [1.807, 2.05) is 30.4 Å². The number of benzene rings is 1. The van der Waals surface area contributed by atoms with Crippen LogP contribution in [0.4, 0.5) is 4.39 Å². The van der Waals surface area contributed by atoms with Gasteiger partial charge in [0.05, 0.1) is 11.2 Å². The number of halogens is 1. The van der Waals surface area contributed by atoms with Crippen LogP contribution >= 0.6 is 0 Å². The summed E-state index contributed by atoms with van der Waals surface area (Å²) in [7, 11) is 0. The molecule has 0 saturated heterocycles. The largest absolute Gasteiger partial charge is 0.488 e. The molecule has 0 N–H and O–H groups in total. The lowest BCUT2D eigenvalue weighted by atomic mass is 9.69. The second-order valence-electron chi connectivity index (χ2n) is 9.61. The van der Waals surface area contributed by atoms with E-state index in [0.717, 1.165) is 42.3 Å². The predicted octanol–water partition coefficient (Wildman–Crippen LogP) is 10.1. The maximum atomic E-state index is 13.4. The molecule has 1 atom stereocenters. The van der Waals surface area contributed by atoms with Crippen LogP contribution in [0.25, 0.3) is 10.9 Å². The molecule has 196 valence electrons. The monoisotopic (exact) mass is 499 g/mol. The highest BCUT2D eigenvalue weighted by Gasteiger charge is 2.31. The van der Waals surface area contributed by atoms with E-state index < -0.39 is 0 Å². The minimum atomic E-state index is -0.269. The molecule has 0 aliphatic carbocycles. The zero-order chi connectivity index (χ0) is 27.4. The van der Waals surface area contributed by atoms with Gasteiger partial charge in [-0.3, -0.25) is 0 Å². The number of hydrogen-bond donors (Lipinski definition) is 0. The third-order valence-electron chi connectivity index (χ3n) is 6.95. The zero-order valence-corrected chi connectivity index (χ0v) is 23.2. The van der Waals surface area contributed by atoms with Crippen molar-refractivity contribution in [3.63, 3.8) is 0 Å². The highest BCUT2D eigenvalue weighted by Crippen LogP contribution is 2.44. The normalized spacial score (nSPS) is 14.9. The number of pyridine rings is 1. The molecule has 0 radical (unpaired) electrons. The Hall–Kier alpha value is -3.46. The first kappa shape index (κ1) is 29.8. The second kappa shape index (κ2) is 14.3. The van der Waals surface area contributed by atoms with Gasteiger partial charge in [0.1, 0.15) is 18.2 Å². The van der Waals surface area contributed by atoms with Gasteiger partial charge in [0.2, 0.25) is 0 Å². The van der Waals surface area contributed by atoms with Crippen molar-refractivity contribution < 1.29 is 9.13 Å². The Morgan fingerprint density at radius 1 is 1.11 bits per heavy atom. The van der Waals surface area contributed by atoms with Crippen LogP contribution < -0.4 is 0 Å². The van der Waals surface area contributed by atoms with E-state index in [2.05, 4.69) is 77.6 Å². The van der Waals surface area contributed by atoms with Crippen LogP contribution in [-0.4, -0.2) is 4.98 Å². The summed E-state index contributed by atoms with van der Waals surface area (Å²) in [5.74, 6) is 0.284. The first-order chi connectivity index (χ1) is 17.7. The zero-order valence-electron chi connectivity index (χ0n) is 23.2. The van der Waals surface area contributed by atoms with Crippen LogP contribution in [0.3, 0.4) is 0 Å². The molecule has 2 aromatic rings. The van der Waals surface area contributed by atoms with Crippen molar-refractivity contribution in [2.45, 2.75) is 66.9 Å². The van der Waals surface area contributed by atoms with Crippen molar-refractivity contribution in [1.29, 1.82) is 0 Å². The minimum Gasteiger partial charge on any atom is -0.488 e. The van der Waals surface area contributed by atoms with Gasteiger partial charge in [-0.2, -0.15) is 0 Å². The molecular formula is C34H42FNO. The molecule has 0 bridgehead atoms. The Balaban J connectivity index is 2.32.